The molecule has 0 radical (unpaired) electrons. The molecule has 0 bridgehead atoms. The molecule has 2 N–H and O–H groups in total. The van der Waals surface area contributed by atoms with Crippen LogP contribution in [0.1, 0.15) is 101 Å². The van der Waals surface area contributed by atoms with Crippen LogP contribution in [0.2, 0.25) is 0 Å². The molecule has 0 aliphatic rings. The molecular formula is C30H52N2O2. The summed E-state index contributed by atoms with van der Waals surface area (Å²) >= 11 is 0. The van der Waals surface area contributed by atoms with Crippen molar-refractivity contribution in [3.05, 3.63) is 23.8 Å². The number of carbonyl (C=O) groups is 2. The summed E-state index contributed by atoms with van der Waals surface area (Å²) in [5, 5.41) is 6.02. The number of hydrogen-bond acceptors (Lipinski definition) is 2. The van der Waals surface area contributed by atoms with Crippen molar-refractivity contribution in [2.45, 2.75) is 101 Å². The highest BCUT2D eigenvalue weighted by molar-refractivity contribution is 5.92. The van der Waals surface area contributed by atoms with Crippen LogP contribution in [0.4, 0.5) is 11.4 Å². The normalized spacial score (nSPS) is 19.6. The van der Waals surface area contributed by atoms with Crippen molar-refractivity contribution in [3.8, 4) is 0 Å². The van der Waals surface area contributed by atoms with Gasteiger partial charge in [-0.05, 0) is 70.6 Å². The van der Waals surface area contributed by atoms with E-state index in [9.17, 15) is 9.59 Å². The average Bonchev–Trinajstić information content (AvgIpc) is 2.80. The molecule has 0 saturated carbocycles. The van der Waals surface area contributed by atoms with Crippen molar-refractivity contribution in [1.82, 2.24) is 0 Å². The Balaban J connectivity index is 3.58. The van der Waals surface area contributed by atoms with E-state index in [4.69, 9.17) is 0 Å². The fraction of sp³-hybridized carbons (Fsp3) is 0.733. The van der Waals surface area contributed by atoms with Crippen LogP contribution in [0.15, 0.2) is 18.2 Å². The number of anilines is 2. The van der Waals surface area contributed by atoms with E-state index in [0.29, 0.717) is 41.4 Å². The standard InChI is InChI=1S/C30H52N2O2/c1-13-18(3)20(5)21(6)22(7)23(8)24(9)30(12,19(4)14-2)28-17-27(31-25(10)33)15-16-29(28)32-26(11)34/h15-24H,13-14H2,1-12H3,(H,31,33)(H,32,34). The molecular weight excluding hydrogens is 420 g/mol. The number of rotatable bonds is 12. The SMILES string of the molecule is CCC(C)C(C)C(C)C(C)C(C)C(C)C(C)(c1cc(NC(C)=O)ccc1NC(C)=O)C(C)CC. The van der Waals surface area contributed by atoms with E-state index < -0.39 is 0 Å². The summed E-state index contributed by atoms with van der Waals surface area (Å²) < 4.78 is 0. The molecule has 4 heteroatoms. The van der Waals surface area contributed by atoms with Crippen LogP contribution in [0.5, 0.6) is 0 Å². The van der Waals surface area contributed by atoms with Crippen LogP contribution in [0.3, 0.4) is 0 Å². The molecule has 0 aliphatic heterocycles. The molecule has 2 amide bonds. The first-order valence-corrected chi connectivity index (χ1v) is 13.4. The number of carbonyl (C=O) groups excluding carboxylic acids is 2. The zero-order valence-electron chi connectivity index (χ0n) is 24.0. The third-order valence-electron chi connectivity index (χ3n) is 9.63. The zero-order valence-corrected chi connectivity index (χ0v) is 24.0. The Morgan fingerprint density at radius 2 is 1.32 bits per heavy atom. The fourth-order valence-electron chi connectivity index (χ4n) is 5.80. The summed E-state index contributed by atoms with van der Waals surface area (Å²) in [7, 11) is 0. The molecule has 1 rings (SSSR count). The number of hydrogen-bond donors (Lipinski definition) is 2. The van der Waals surface area contributed by atoms with Crippen molar-refractivity contribution < 1.29 is 9.59 Å². The molecule has 34 heavy (non-hydrogen) atoms. The topological polar surface area (TPSA) is 58.2 Å². The van der Waals surface area contributed by atoms with Gasteiger partial charge in [-0.3, -0.25) is 9.59 Å². The molecule has 0 aromatic heterocycles. The van der Waals surface area contributed by atoms with Gasteiger partial charge < -0.3 is 10.6 Å². The Morgan fingerprint density at radius 1 is 0.794 bits per heavy atom. The van der Waals surface area contributed by atoms with Crippen molar-refractivity contribution in [2.24, 2.45) is 41.4 Å². The van der Waals surface area contributed by atoms with Gasteiger partial charge in [-0.25, -0.2) is 0 Å². The molecule has 0 spiro atoms. The fourth-order valence-corrected chi connectivity index (χ4v) is 5.80. The lowest BCUT2D eigenvalue weighted by atomic mass is 9.57. The molecule has 0 saturated heterocycles. The molecule has 0 heterocycles. The van der Waals surface area contributed by atoms with Crippen molar-refractivity contribution in [1.29, 1.82) is 0 Å². The van der Waals surface area contributed by atoms with E-state index in [0.717, 1.165) is 23.4 Å². The van der Waals surface area contributed by atoms with Crippen LogP contribution < -0.4 is 10.6 Å². The van der Waals surface area contributed by atoms with Crippen LogP contribution in [-0.2, 0) is 15.0 Å². The van der Waals surface area contributed by atoms with Gasteiger partial charge in [0.2, 0.25) is 11.8 Å². The van der Waals surface area contributed by atoms with Gasteiger partial charge >= 0.3 is 0 Å². The molecule has 0 fully saturated rings. The third kappa shape index (κ3) is 6.86. The summed E-state index contributed by atoms with van der Waals surface area (Å²) in [4.78, 5) is 23.9. The predicted octanol–water partition coefficient (Wildman–Crippen LogP) is 8.13. The number of amides is 2. The van der Waals surface area contributed by atoms with Gasteiger partial charge in [0.25, 0.3) is 0 Å². The minimum Gasteiger partial charge on any atom is -0.326 e. The number of benzene rings is 1. The first kappa shape index (κ1) is 30.2. The maximum Gasteiger partial charge on any atom is 0.221 e. The van der Waals surface area contributed by atoms with Gasteiger partial charge in [0, 0.05) is 25.2 Å². The summed E-state index contributed by atoms with van der Waals surface area (Å²) in [6.07, 6.45) is 2.24. The van der Waals surface area contributed by atoms with E-state index in [-0.39, 0.29) is 17.2 Å². The predicted molar refractivity (Wildman–Crippen MR) is 147 cm³/mol. The van der Waals surface area contributed by atoms with E-state index >= 15 is 0 Å². The third-order valence-corrected chi connectivity index (χ3v) is 9.63. The minimum atomic E-state index is -0.186. The highest BCUT2D eigenvalue weighted by Crippen LogP contribution is 2.50. The summed E-state index contributed by atoms with van der Waals surface area (Å²) in [6.45, 7) is 26.7. The highest BCUT2D eigenvalue weighted by Gasteiger charge is 2.44. The Kier molecular flexibility index (Phi) is 11.3. The van der Waals surface area contributed by atoms with Gasteiger partial charge in [0.15, 0.2) is 0 Å². The summed E-state index contributed by atoms with van der Waals surface area (Å²) in [5.74, 6) is 3.62. The van der Waals surface area contributed by atoms with Gasteiger partial charge in [0.05, 0.1) is 0 Å². The lowest BCUT2D eigenvalue weighted by Gasteiger charge is -2.48. The molecule has 194 valence electrons. The number of nitrogens with one attached hydrogen (secondary N) is 2. The zero-order chi connectivity index (χ0) is 26.4. The van der Waals surface area contributed by atoms with E-state index in [1.165, 1.54) is 13.3 Å². The average molecular weight is 473 g/mol. The summed E-state index contributed by atoms with van der Waals surface area (Å²) in [5.41, 5.74) is 2.54. The molecule has 8 unspecified atom stereocenters. The van der Waals surface area contributed by atoms with Crippen LogP contribution in [0, 0.1) is 41.4 Å². The maximum atomic E-state index is 12.1. The van der Waals surface area contributed by atoms with E-state index in [1.54, 1.807) is 6.92 Å². The van der Waals surface area contributed by atoms with Crippen molar-refractivity contribution in [3.63, 3.8) is 0 Å². The Morgan fingerprint density at radius 3 is 1.79 bits per heavy atom. The van der Waals surface area contributed by atoms with Crippen molar-refractivity contribution >= 4 is 23.2 Å². The monoisotopic (exact) mass is 472 g/mol. The second kappa shape index (κ2) is 12.7. The van der Waals surface area contributed by atoms with Gasteiger partial charge in [0.1, 0.15) is 0 Å². The summed E-state index contributed by atoms with van der Waals surface area (Å²) in [6, 6.07) is 5.90. The second-order valence-electron chi connectivity index (χ2n) is 11.3. The first-order valence-electron chi connectivity index (χ1n) is 13.4. The largest absolute Gasteiger partial charge is 0.326 e. The van der Waals surface area contributed by atoms with Crippen LogP contribution in [-0.4, -0.2) is 11.8 Å². The Bertz CT molecular complexity index is 820. The lowest BCUT2D eigenvalue weighted by Crippen LogP contribution is -2.43. The van der Waals surface area contributed by atoms with Crippen LogP contribution in [0.25, 0.3) is 0 Å². The lowest BCUT2D eigenvalue weighted by molar-refractivity contribution is -0.115. The quantitative estimate of drug-likeness (QED) is 0.322. The van der Waals surface area contributed by atoms with Crippen molar-refractivity contribution in [2.75, 3.05) is 10.6 Å². The van der Waals surface area contributed by atoms with Gasteiger partial charge in [-0.2, -0.15) is 0 Å². The smallest absolute Gasteiger partial charge is 0.221 e. The first-order chi connectivity index (χ1) is 15.7. The second-order valence-corrected chi connectivity index (χ2v) is 11.3. The Hall–Kier alpha value is -1.84. The molecule has 0 aliphatic carbocycles. The minimum absolute atomic E-state index is 0.0786. The van der Waals surface area contributed by atoms with E-state index in [2.05, 4.69) is 85.9 Å². The molecule has 4 nitrogen and oxygen atoms in total. The Labute approximate surface area is 210 Å². The van der Waals surface area contributed by atoms with Gasteiger partial charge in [-0.1, -0.05) is 82.1 Å². The highest BCUT2D eigenvalue weighted by atomic mass is 16.2. The van der Waals surface area contributed by atoms with Crippen LogP contribution >= 0.6 is 0 Å². The molecule has 8 atom stereocenters. The van der Waals surface area contributed by atoms with Gasteiger partial charge in [-0.15, -0.1) is 0 Å². The molecule has 1 aromatic rings. The van der Waals surface area contributed by atoms with E-state index in [1.807, 2.05) is 12.1 Å². The maximum absolute atomic E-state index is 12.1. The molecule has 1 aromatic carbocycles.